The van der Waals surface area contributed by atoms with E-state index in [1.54, 1.807) is 18.2 Å². The van der Waals surface area contributed by atoms with Gasteiger partial charge in [0.1, 0.15) is 16.5 Å². The predicted octanol–water partition coefficient (Wildman–Crippen LogP) is 5.50. The number of aromatic carboxylic acids is 1. The van der Waals surface area contributed by atoms with Crippen molar-refractivity contribution in [2.24, 2.45) is 7.05 Å². The van der Waals surface area contributed by atoms with Crippen LogP contribution in [0.4, 0.5) is 13.2 Å². The van der Waals surface area contributed by atoms with Gasteiger partial charge in [-0.2, -0.15) is 13.9 Å². The number of carboxylic acids is 1. The molecule has 5 nitrogen and oxygen atoms in total. The van der Waals surface area contributed by atoms with Gasteiger partial charge in [0.15, 0.2) is 0 Å². The molecule has 1 N–H and O–H groups in total. The van der Waals surface area contributed by atoms with Crippen molar-refractivity contribution in [2.75, 3.05) is 0 Å². The highest BCUT2D eigenvalue weighted by Gasteiger charge is 2.24. The molecule has 0 bridgehead atoms. The van der Waals surface area contributed by atoms with Crippen LogP contribution in [0.5, 0.6) is 5.88 Å². The van der Waals surface area contributed by atoms with Crippen molar-refractivity contribution < 1.29 is 27.8 Å². The zero-order chi connectivity index (χ0) is 20.6. The lowest BCUT2D eigenvalue weighted by Crippen LogP contribution is -2.06. The highest BCUT2D eigenvalue weighted by molar-refractivity contribution is 6.35. The summed E-state index contributed by atoms with van der Waals surface area (Å²) in [5.41, 5.74) is 0.270. The van der Waals surface area contributed by atoms with E-state index in [0.717, 1.165) is 16.8 Å². The van der Waals surface area contributed by atoms with Gasteiger partial charge in [0, 0.05) is 18.2 Å². The Morgan fingerprint density at radius 2 is 1.82 bits per heavy atom. The lowest BCUT2D eigenvalue weighted by atomic mass is 9.96. The van der Waals surface area contributed by atoms with E-state index < -0.39 is 18.4 Å². The van der Waals surface area contributed by atoms with E-state index >= 15 is 0 Å². The number of halogens is 5. The first-order valence-corrected chi connectivity index (χ1v) is 8.45. The fraction of sp³-hybridized carbons (Fsp3) is 0.111. The zero-order valence-electron chi connectivity index (χ0n) is 14.1. The number of rotatable bonds is 5. The normalized spacial score (nSPS) is 11.1. The van der Waals surface area contributed by atoms with Crippen molar-refractivity contribution in [3.63, 3.8) is 0 Å². The summed E-state index contributed by atoms with van der Waals surface area (Å²) in [6.07, 6.45) is 0. The second kappa shape index (κ2) is 7.73. The number of ether oxygens (including phenoxy) is 1. The Morgan fingerprint density at radius 3 is 2.43 bits per heavy atom. The van der Waals surface area contributed by atoms with E-state index in [1.165, 1.54) is 13.1 Å². The molecule has 0 spiro atoms. The molecule has 10 heteroatoms. The molecule has 0 fully saturated rings. The summed E-state index contributed by atoms with van der Waals surface area (Å²) in [6.45, 7) is -3.11. The number of nitrogens with zero attached hydrogens (tertiary/aromatic N) is 2. The Morgan fingerprint density at radius 1 is 1.18 bits per heavy atom. The molecule has 0 saturated carbocycles. The van der Waals surface area contributed by atoms with Crippen molar-refractivity contribution in [3.8, 4) is 28.3 Å². The summed E-state index contributed by atoms with van der Waals surface area (Å²) in [7, 11) is 1.36. The fourth-order valence-corrected chi connectivity index (χ4v) is 3.25. The zero-order valence-corrected chi connectivity index (χ0v) is 15.6. The van der Waals surface area contributed by atoms with Crippen molar-refractivity contribution in [1.82, 2.24) is 9.78 Å². The van der Waals surface area contributed by atoms with Gasteiger partial charge in [-0.25, -0.2) is 13.9 Å². The van der Waals surface area contributed by atoms with Gasteiger partial charge >= 0.3 is 12.6 Å². The van der Waals surface area contributed by atoms with Gasteiger partial charge in [0.25, 0.3) is 0 Å². The Hall–Kier alpha value is -2.71. The Labute approximate surface area is 166 Å². The van der Waals surface area contributed by atoms with Crippen LogP contribution in [0.15, 0.2) is 36.4 Å². The smallest absolute Gasteiger partial charge is 0.388 e. The molecule has 0 unspecified atom stereocenters. The molecular weight excluding hydrogens is 420 g/mol. The van der Waals surface area contributed by atoms with E-state index in [9.17, 15) is 23.1 Å². The minimum atomic E-state index is -3.11. The van der Waals surface area contributed by atoms with Crippen LogP contribution < -0.4 is 4.74 Å². The van der Waals surface area contributed by atoms with E-state index in [2.05, 4.69) is 9.84 Å². The predicted molar refractivity (Wildman–Crippen MR) is 97.6 cm³/mol. The molecule has 0 aliphatic carbocycles. The topological polar surface area (TPSA) is 64.4 Å². The van der Waals surface area contributed by atoms with Crippen LogP contribution in [0.1, 0.15) is 10.4 Å². The highest BCUT2D eigenvalue weighted by Crippen LogP contribution is 2.41. The first-order valence-electron chi connectivity index (χ1n) is 7.70. The third kappa shape index (κ3) is 3.65. The summed E-state index contributed by atoms with van der Waals surface area (Å²) in [6, 6.07) is 8.26. The molecule has 3 aromatic rings. The number of alkyl halides is 2. The SMILES string of the molecule is Cn1nc(-c2ccccc2-c2cc(C(=O)O)c(Cl)cc2F)c(Cl)c1OC(F)F. The Balaban J connectivity index is 2.22. The maximum absolute atomic E-state index is 14.6. The number of hydrogen-bond donors (Lipinski definition) is 1. The minimum absolute atomic E-state index is 0.0598. The van der Waals surface area contributed by atoms with Gasteiger partial charge < -0.3 is 9.84 Å². The van der Waals surface area contributed by atoms with Crippen LogP contribution in [-0.2, 0) is 7.05 Å². The Kier molecular flexibility index (Phi) is 5.53. The van der Waals surface area contributed by atoms with Gasteiger partial charge in [-0.05, 0) is 17.7 Å². The standard InChI is InChI=1S/C18H11Cl2F3N2O3/c1-25-16(28-18(22)23)14(20)15(24-25)9-5-3-2-4-8(9)10-6-11(17(26)27)12(19)7-13(10)21/h2-7,18H,1H3,(H,26,27). The molecule has 28 heavy (non-hydrogen) atoms. The lowest BCUT2D eigenvalue weighted by Gasteiger charge is -2.11. The first kappa shape index (κ1) is 20.0. The van der Waals surface area contributed by atoms with Crippen LogP contribution >= 0.6 is 23.2 Å². The number of carbonyl (C=O) groups is 1. The third-order valence-electron chi connectivity index (χ3n) is 3.90. The molecule has 0 saturated heterocycles. The fourth-order valence-electron chi connectivity index (χ4n) is 2.71. The second-order valence-corrected chi connectivity index (χ2v) is 6.42. The summed E-state index contributed by atoms with van der Waals surface area (Å²) in [4.78, 5) is 11.3. The van der Waals surface area contributed by atoms with Gasteiger partial charge in [0.2, 0.25) is 5.88 Å². The molecule has 0 atom stereocenters. The molecule has 0 amide bonds. The van der Waals surface area contributed by atoms with Gasteiger partial charge in [-0.3, -0.25) is 0 Å². The van der Waals surface area contributed by atoms with Crippen LogP contribution in [0.3, 0.4) is 0 Å². The average Bonchev–Trinajstić information content (AvgIpc) is 2.89. The average molecular weight is 431 g/mol. The first-order chi connectivity index (χ1) is 13.2. The van der Waals surface area contributed by atoms with E-state index in [0.29, 0.717) is 5.56 Å². The summed E-state index contributed by atoms with van der Waals surface area (Å²) >= 11 is 12.0. The van der Waals surface area contributed by atoms with Crippen molar-refractivity contribution in [3.05, 3.63) is 57.8 Å². The van der Waals surface area contributed by atoms with Crippen molar-refractivity contribution in [2.45, 2.75) is 6.61 Å². The minimum Gasteiger partial charge on any atom is -0.478 e. The molecule has 1 aromatic heterocycles. The van der Waals surface area contributed by atoms with Gasteiger partial charge in [-0.15, -0.1) is 0 Å². The number of aryl methyl sites for hydroxylation is 1. The van der Waals surface area contributed by atoms with E-state index in [-0.39, 0.29) is 38.3 Å². The molecule has 0 aliphatic heterocycles. The number of aromatic nitrogens is 2. The Bertz CT molecular complexity index is 1070. The van der Waals surface area contributed by atoms with Gasteiger partial charge in [0.05, 0.1) is 10.6 Å². The third-order valence-corrected chi connectivity index (χ3v) is 4.55. The molecule has 0 aliphatic rings. The quantitative estimate of drug-likeness (QED) is 0.580. The van der Waals surface area contributed by atoms with Crippen LogP contribution in [0.25, 0.3) is 22.4 Å². The lowest BCUT2D eigenvalue weighted by molar-refractivity contribution is -0.0552. The molecule has 3 rings (SSSR count). The van der Waals surface area contributed by atoms with E-state index in [1.807, 2.05) is 0 Å². The summed E-state index contributed by atoms with van der Waals surface area (Å²) < 4.78 is 45.2. The number of carboxylic acid groups (broad SMARTS) is 1. The molecular formula is C18H11Cl2F3N2O3. The molecule has 0 radical (unpaired) electrons. The number of hydrogen-bond acceptors (Lipinski definition) is 3. The van der Waals surface area contributed by atoms with Crippen LogP contribution in [0, 0.1) is 5.82 Å². The summed E-state index contributed by atoms with van der Waals surface area (Å²) in [5.74, 6) is -2.45. The highest BCUT2D eigenvalue weighted by atomic mass is 35.5. The van der Waals surface area contributed by atoms with E-state index in [4.69, 9.17) is 23.2 Å². The second-order valence-electron chi connectivity index (χ2n) is 5.63. The molecule has 1 heterocycles. The molecule has 146 valence electrons. The maximum Gasteiger partial charge on any atom is 0.388 e. The van der Waals surface area contributed by atoms with Crippen molar-refractivity contribution in [1.29, 1.82) is 0 Å². The van der Waals surface area contributed by atoms with Crippen LogP contribution in [0.2, 0.25) is 10.0 Å². The summed E-state index contributed by atoms with van der Waals surface area (Å²) in [5, 5.41) is 12.9. The van der Waals surface area contributed by atoms with Crippen LogP contribution in [-0.4, -0.2) is 27.5 Å². The van der Waals surface area contributed by atoms with Gasteiger partial charge in [-0.1, -0.05) is 47.5 Å². The largest absolute Gasteiger partial charge is 0.478 e. The number of benzene rings is 2. The van der Waals surface area contributed by atoms with Crippen molar-refractivity contribution >= 4 is 29.2 Å². The monoisotopic (exact) mass is 430 g/mol. The maximum atomic E-state index is 14.6. The molecule has 2 aromatic carbocycles.